The lowest BCUT2D eigenvalue weighted by atomic mass is 9.94. The van der Waals surface area contributed by atoms with E-state index < -0.39 is 161 Å². The molecule has 51 heavy (non-hydrogen) atoms. The minimum absolute atomic E-state index is 0.656. The van der Waals surface area contributed by atoms with Gasteiger partial charge in [-0.05, 0) is 0 Å². The first kappa shape index (κ1) is 41.9. The average Bonchev–Trinajstić information content (AvgIpc) is 3.09. The minimum Gasteiger partial charge on any atom is -0.394 e. The van der Waals surface area contributed by atoms with Crippen LogP contribution < -0.4 is 10.6 Å². The van der Waals surface area contributed by atoms with Crippen LogP contribution in [0.5, 0.6) is 0 Å². The van der Waals surface area contributed by atoms with Crippen molar-refractivity contribution in [2.45, 2.75) is 137 Å². The summed E-state index contributed by atoms with van der Waals surface area (Å²) in [5.74, 6) is -1.39. The Morgan fingerprint density at radius 3 is 1.49 bits per heavy atom. The number of hydrogen-bond acceptors (Lipinski definition) is 21. The van der Waals surface area contributed by atoms with Gasteiger partial charge in [0.25, 0.3) is 0 Å². The Bertz CT molecular complexity index is 1140. The van der Waals surface area contributed by atoms with Crippen molar-refractivity contribution < 1.29 is 104 Å². The van der Waals surface area contributed by atoms with Gasteiger partial charge >= 0.3 is 0 Å². The van der Waals surface area contributed by atoms with Gasteiger partial charge in [0.1, 0.15) is 97.5 Å². The molecule has 0 saturated carbocycles. The topological polar surface area (TPSA) is 366 Å². The number of rotatable bonds is 12. The van der Waals surface area contributed by atoms with E-state index >= 15 is 0 Å². The molecule has 0 unspecified atom stereocenters. The van der Waals surface area contributed by atoms with E-state index in [4.69, 9.17) is 33.2 Å². The van der Waals surface area contributed by atoms with E-state index in [1.54, 1.807) is 0 Å². The molecule has 0 aliphatic carbocycles. The van der Waals surface area contributed by atoms with Crippen LogP contribution >= 0.6 is 0 Å². The Morgan fingerprint density at radius 2 is 0.941 bits per heavy atom. The highest BCUT2D eigenvalue weighted by Crippen LogP contribution is 2.33. The molecule has 4 fully saturated rings. The van der Waals surface area contributed by atoms with Gasteiger partial charge in [-0.3, -0.25) is 9.59 Å². The van der Waals surface area contributed by atoms with Crippen molar-refractivity contribution in [2.24, 2.45) is 0 Å². The second-order valence-electron chi connectivity index (χ2n) is 12.7. The molecule has 14 N–H and O–H groups in total. The Morgan fingerprint density at radius 1 is 0.510 bits per heavy atom. The lowest BCUT2D eigenvalue weighted by molar-refractivity contribution is -0.365. The van der Waals surface area contributed by atoms with Gasteiger partial charge in [-0.25, -0.2) is 0 Å². The zero-order valence-electron chi connectivity index (χ0n) is 27.4. The summed E-state index contributed by atoms with van der Waals surface area (Å²) in [4.78, 5) is 23.9. The van der Waals surface area contributed by atoms with Gasteiger partial charge in [0, 0.05) is 13.8 Å². The highest BCUT2D eigenvalue weighted by molar-refractivity contribution is 5.73. The van der Waals surface area contributed by atoms with Gasteiger partial charge in [-0.2, -0.15) is 0 Å². The molecule has 4 rings (SSSR count). The first-order valence-corrected chi connectivity index (χ1v) is 16.1. The average molecular weight is 749 g/mol. The summed E-state index contributed by atoms with van der Waals surface area (Å²) in [6.45, 7) is -0.998. The molecule has 4 aliphatic heterocycles. The van der Waals surface area contributed by atoms with Gasteiger partial charge in [-0.1, -0.05) is 0 Å². The van der Waals surface area contributed by atoms with Gasteiger partial charge in [0.15, 0.2) is 25.2 Å². The van der Waals surface area contributed by atoms with Crippen LogP contribution in [0.3, 0.4) is 0 Å². The number of amides is 2. The van der Waals surface area contributed by atoms with Crippen molar-refractivity contribution in [3.63, 3.8) is 0 Å². The standard InChI is InChI=1S/C28H48N2O21/c1-7(34)29-13-17(38)23(10(4-32)46-25(13)44)50-26-14(30-8(2)35)18(39)24(11(5-33)48-26)51-28-22(43)20(41)16(37)12(49-28)6-45-27-21(42)19(40)15(36)9(3-31)47-27/h9-28,31-33,36-44H,3-6H2,1-2H3,(H,29,34)(H,30,35)/t9-,10-,11-,12-,13-,14-,15-,16-,17-,18-,19+,20+,21+,22+,23-,24-,25+,26+,27+,28+/m1/s1. The highest BCUT2D eigenvalue weighted by Gasteiger charge is 2.54. The van der Waals surface area contributed by atoms with Crippen molar-refractivity contribution in [1.82, 2.24) is 10.6 Å². The van der Waals surface area contributed by atoms with E-state index in [-0.39, 0.29) is 0 Å². The first-order chi connectivity index (χ1) is 24.0. The molecule has 23 nitrogen and oxygen atoms in total. The monoisotopic (exact) mass is 748 g/mol. The van der Waals surface area contributed by atoms with Crippen molar-refractivity contribution in [3.8, 4) is 0 Å². The Labute approximate surface area is 289 Å². The molecular weight excluding hydrogens is 700 g/mol. The number of ether oxygens (including phenoxy) is 7. The van der Waals surface area contributed by atoms with Gasteiger partial charge < -0.3 is 105 Å². The molecular formula is C28H48N2O21. The van der Waals surface area contributed by atoms with Gasteiger partial charge in [-0.15, -0.1) is 0 Å². The molecule has 23 heteroatoms. The van der Waals surface area contributed by atoms with Crippen LogP contribution in [0.2, 0.25) is 0 Å². The summed E-state index contributed by atoms with van der Waals surface area (Å²) in [7, 11) is 0. The number of carbonyl (C=O) groups excluding carboxylic acids is 2. The molecule has 20 atom stereocenters. The molecule has 4 saturated heterocycles. The molecule has 2 amide bonds. The predicted octanol–water partition coefficient (Wildman–Crippen LogP) is -9.46. The number of aliphatic hydroxyl groups excluding tert-OH is 12. The second kappa shape index (κ2) is 18.0. The Balaban J connectivity index is 1.50. The van der Waals surface area contributed by atoms with E-state index in [9.17, 15) is 70.9 Å². The molecule has 0 aromatic heterocycles. The van der Waals surface area contributed by atoms with Crippen LogP contribution in [0.4, 0.5) is 0 Å². The fraction of sp³-hybridized carbons (Fsp3) is 0.929. The largest absolute Gasteiger partial charge is 0.394 e. The van der Waals surface area contributed by atoms with Crippen molar-refractivity contribution in [3.05, 3.63) is 0 Å². The van der Waals surface area contributed by atoms with Crippen LogP contribution in [0, 0.1) is 0 Å². The lowest BCUT2D eigenvalue weighted by Gasteiger charge is -2.49. The summed E-state index contributed by atoms with van der Waals surface area (Å²) >= 11 is 0. The molecule has 0 radical (unpaired) electrons. The quantitative estimate of drug-likeness (QED) is 0.0881. The van der Waals surface area contributed by atoms with Crippen molar-refractivity contribution in [1.29, 1.82) is 0 Å². The minimum atomic E-state index is -2.00. The lowest BCUT2D eigenvalue weighted by Crippen LogP contribution is -2.70. The maximum Gasteiger partial charge on any atom is 0.217 e. The summed E-state index contributed by atoms with van der Waals surface area (Å²) in [5, 5.41) is 129. The third-order valence-electron chi connectivity index (χ3n) is 8.99. The summed E-state index contributed by atoms with van der Waals surface area (Å²) in [6, 6.07) is -3.02. The summed E-state index contributed by atoms with van der Waals surface area (Å²) in [5.41, 5.74) is 0. The zero-order chi connectivity index (χ0) is 37.9. The fourth-order valence-corrected chi connectivity index (χ4v) is 6.25. The van der Waals surface area contributed by atoms with Crippen LogP contribution in [-0.2, 0) is 42.7 Å². The smallest absolute Gasteiger partial charge is 0.217 e. The van der Waals surface area contributed by atoms with E-state index in [1.165, 1.54) is 0 Å². The maximum atomic E-state index is 12.2. The van der Waals surface area contributed by atoms with Crippen LogP contribution in [0.1, 0.15) is 13.8 Å². The van der Waals surface area contributed by atoms with Crippen LogP contribution in [0.25, 0.3) is 0 Å². The van der Waals surface area contributed by atoms with Gasteiger partial charge in [0.05, 0.1) is 26.4 Å². The van der Waals surface area contributed by atoms with Crippen molar-refractivity contribution >= 4 is 11.8 Å². The molecule has 0 bridgehead atoms. The van der Waals surface area contributed by atoms with Crippen LogP contribution in [-0.4, -0.2) is 222 Å². The number of carbonyl (C=O) groups is 2. The first-order valence-electron chi connectivity index (χ1n) is 16.1. The van der Waals surface area contributed by atoms with E-state index in [2.05, 4.69) is 10.6 Å². The third-order valence-corrected chi connectivity index (χ3v) is 8.99. The fourth-order valence-electron chi connectivity index (χ4n) is 6.25. The summed E-state index contributed by atoms with van der Waals surface area (Å²) < 4.78 is 38.9. The SMILES string of the molecule is CC(=O)N[C@@H]1[C@@H](O)[C@H](O[C@@H]2O[C@H](CO)[C@@H](O[C@@H]3O[C@H](CO[C@H]4O[C@H](CO)[C@@H](O)[C@H](O)[C@@H]4O)[C@@H](O)[C@H](O)[C@@H]3O)[C@H](O)[C@H]2NC(C)=O)[C@@H](CO)O[C@@H]1O. The van der Waals surface area contributed by atoms with E-state index in [0.717, 1.165) is 13.8 Å². The molecule has 296 valence electrons. The predicted molar refractivity (Wildman–Crippen MR) is 157 cm³/mol. The Hall–Kier alpha value is -1.82. The molecule has 0 spiro atoms. The number of nitrogens with one attached hydrogen (secondary N) is 2. The molecule has 4 heterocycles. The number of aliphatic hydroxyl groups is 12. The number of hydrogen-bond donors (Lipinski definition) is 14. The van der Waals surface area contributed by atoms with Crippen molar-refractivity contribution in [2.75, 3.05) is 26.4 Å². The second-order valence-corrected chi connectivity index (χ2v) is 12.7. The van der Waals surface area contributed by atoms with E-state index in [1.807, 2.05) is 0 Å². The van der Waals surface area contributed by atoms with Gasteiger partial charge in [0.2, 0.25) is 11.8 Å². The Kier molecular flexibility index (Phi) is 14.8. The van der Waals surface area contributed by atoms with E-state index in [0.29, 0.717) is 0 Å². The normalized spacial score (nSPS) is 47.8. The molecule has 4 aliphatic rings. The highest BCUT2D eigenvalue weighted by atomic mass is 16.8. The third kappa shape index (κ3) is 9.29. The molecule has 0 aromatic carbocycles. The zero-order valence-corrected chi connectivity index (χ0v) is 27.4. The maximum absolute atomic E-state index is 12.2. The molecule has 0 aromatic rings. The van der Waals surface area contributed by atoms with Crippen LogP contribution in [0.15, 0.2) is 0 Å². The summed E-state index contributed by atoms with van der Waals surface area (Å²) in [6.07, 6.45) is -30.9.